The zero-order valence-corrected chi connectivity index (χ0v) is 68.1. The number of aliphatic hydroxyl groups is 1. The van der Waals surface area contributed by atoms with Gasteiger partial charge >= 0.3 is 39.5 Å². The molecular formula is C87H146O17P2. The molecule has 0 amide bonds. The highest BCUT2D eigenvalue weighted by Crippen LogP contribution is 2.45. The first-order valence-electron chi connectivity index (χ1n) is 41.1. The predicted octanol–water partition coefficient (Wildman–Crippen LogP) is 24.2. The summed E-state index contributed by atoms with van der Waals surface area (Å²) in [6, 6.07) is 0. The molecule has 0 aliphatic carbocycles. The first kappa shape index (κ1) is 101. The van der Waals surface area contributed by atoms with Gasteiger partial charge in [-0.1, -0.05) is 283 Å². The minimum absolute atomic E-state index is 0.0310. The highest BCUT2D eigenvalue weighted by molar-refractivity contribution is 7.47. The number of aliphatic hydroxyl groups excluding tert-OH is 1. The fourth-order valence-electron chi connectivity index (χ4n) is 10.5. The van der Waals surface area contributed by atoms with Crippen LogP contribution >= 0.6 is 15.6 Å². The number of phosphoric ester groups is 2. The Morgan fingerprint density at radius 3 is 0.840 bits per heavy atom. The van der Waals surface area contributed by atoms with Crippen LogP contribution in [0.3, 0.4) is 0 Å². The summed E-state index contributed by atoms with van der Waals surface area (Å²) in [5.41, 5.74) is 0. The Kier molecular flexibility index (Phi) is 74.3. The Hall–Kier alpha value is -5.06. The fourth-order valence-corrected chi connectivity index (χ4v) is 12.1. The third-order valence-corrected chi connectivity index (χ3v) is 18.7. The molecular weight excluding hydrogens is 1380 g/mol. The lowest BCUT2D eigenvalue weighted by Gasteiger charge is -2.21. The summed E-state index contributed by atoms with van der Waals surface area (Å²) in [7, 11) is -10.00. The first-order chi connectivity index (χ1) is 51.7. The molecule has 0 aliphatic rings. The molecule has 0 heterocycles. The van der Waals surface area contributed by atoms with Crippen LogP contribution in [0.1, 0.15) is 323 Å². The van der Waals surface area contributed by atoms with Crippen molar-refractivity contribution < 1.29 is 80.2 Å². The highest BCUT2D eigenvalue weighted by atomic mass is 31.2. The molecule has 606 valence electrons. The maximum atomic E-state index is 13.1. The monoisotopic (exact) mass is 1530 g/mol. The summed E-state index contributed by atoms with van der Waals surface area (Å²) in [6.07, 6.45) is 89.7. The number of ether oxygens (including phenoxy) is 4. The summed E-state index contributed by atoms with van der Waals surface area (Å²) in [6.45, 7) is 4.58. The van der Waals surface area contributed by atoms with Crippen LogP contribution in [0.2, 0.25) is 0 Å². The summed E-state index contributed by atoms with van der Waals surface area (Å²) in [5.74, 6) is -2.31. The van der Waals surface area contributed by atoms with E-state index in [9.17, 15) is 43.2 Å². The molecule has 0 aromatic carbocycles. The Labute approximate surface area is 643 Å². The van der Waals surface area contributed by atoms with Crippen LogP contribution in [-0.4, -0.2) is 96.7 Å². The van der Waals surface area contributed by atoms with Crippen LogP contribution in [0.15, 0.2) is 146 Å². The number of hydrogen-bond acceptors (Lipinski definition) is 15. The van der Waals surface area contributed by atoms with E-state index in [0.717, 1.165) is 173 Å². The number of esters is 4. The zero-order chi connectivity index (χ0) is 77.4. The highest BCUT2D eigenvalue weighted by Gasteiger charge is 2.30. The van der Waals surface area contributed by atoms with E-state index in [1.54, 1.807) is 0 Å². The summed E-state index contributed by atoms with van der Waals surface area (Å²) < 4.78 is 68.6. The van der Waals surface area contributed by atoms with E-state index in [2.05, 4.69) is 155 Å². The van der Waals surface area contributed by atoms with Crippen molar-refractivity contribution in [2.75, 3.05) is 39.6 Å². The second-order valence-corrected chi connectivity index (χ2v) is 29.9. The van der Waals surface area contributed by atoms with Crippen molar-refractivity contribution in [3.63, 3.8) is 0 Å². The third kappa shape index (κ3) is 77.1. The average molecular weight is 1530 g/mol. The summed E-state index contributed by atoms with van der Waals surface area (Å²) in [4.78, 5) is 73.1. The van der Waals surface area contributed by atoms with Crippen molar-refractivity contribution in [1.29, 1.82) is 0 Å². The smallest absolute Gasteiger partial charge is 0.462 e. The van der Waals surface area contributed by atoms with Crippen LogP contribution in [0.5, 0.6) is 0 Å². The molecule has 17 nitrogen and oxygen atoms in total. The van der Waals surface area contributed by atoms with Crippen molar-refractivity contribution >= 4 is 39.5 Å². The molecule has 0 rings (SSSR count). The third-order valence-electron chi connectivity index (χ3n) is 16.8. The van der Waals surface area contributed by atoms with Gasteiger partial charge in [0.2, 0.25) is 0 Å². The molecule has 0 spiro atoms. The van der Waals surface area contributed by atoms with E-state index < -0.39 is 97.5 Å². The molecule has 3 N–H and O–H groups in total. The molecule has 19 heteroatoms. The van der Waals surface area contributed by atoms with Gasteiger partial charge in [0.25, 0.3) is 0 Å². The Balaban J connectivity index is 5.44. The van der Waals surface area contributed by atoms with Crippen molar-refractivity contribution in [2.24, 2.45) is 0 Å². The number of allylic oxidation sites excluding steroid dienone is 24. The Morgan fingerprint density at radius 1 is 0.274 bits per heavy atom. The van der Waals surface area contributed by atoms with Crippen LogP contribution in [-0.2, 0) is 65.4 Å². The SMILES string of the molecule is CC/C=C\C/C=C\C/C=C\C/C=C\C/C=C\C/C=C\CCC(=O)OCC(COP(=O)(O)OCC(O)COP(=O)(O)OCC(COC(=O)CCCCCCCC/C=C\C/C=C\C/C=C\CCCCC)OC(=O)CCCCCCC/C=C\C/C=C\CCCCC)OC(=O)CCCCCCC/C=C\CCCCCC. The van der Waals surface area contributed by atoms with E-state index in [1.807, 2.05) is 18.2 Å². The second kappa shape index (κ2) is 78.1. The minimum atomic E-state index is -5.00. The van der Waals surface area contributed by atoms with E-state index in [4.69, 9.17) is 37.0 Å². The lowest BCUT2D eigenvalue weighted by atomic mass is 10.1. The fraction of sp³-hybridized carbons (Fsp3) is 0.678. The molecule has 0 aromatic heterocycles. The maximum absolute atomic E-state index is 13.1. The van der Waals surface area contributed by atoms with Crippen molar-refractivity contribution in [3.8, 4) is 0 Å². The Bertz CT molecular complexity index is 2580. The van der Waals surface area contributed by atoms with Crippen LogP contribution in [0, 0.1) is 0 Å². The van der Waals surface area contributed by atoms with Gasteiger partial charge < -0.3 is 33.8 Å². The number of carbonyl (C=O) groups is 4. The zero-order valence-electron chi connectivity index (χ0n) is 66.3. The van der Waals surface area contributed by atoms with E-state index in [-0.39, 0.29) is 25.7 Å². The quantitative estimate of drug-likeness (QED) is 0.0169. The normalized spacial score (nSPS) is 14.6. The topological polar surface area (TPSA) is 237 Å². The van der Waals surface area contributed by atoms with Gasteiger partial charge in [0, 0.05) is 25.7 Å². The standard InChI is InChI=1S/C87H146O17P2/c1-5-9-13-17-21-25-29-33-36-38-40-42-45-48-51-55-59-63-67-71-84(89)97-77-82(103-86(91)73-69-65-61-57-53-47-32-28-24-20-16-12-8-4)79-101-105(93,94)99-75-81(88)76-100-106(95,96)102-80-83(104-87(92)74-70-66-62-58-54-50-44-35-31-27-23-19-15-11-7-3)78-98-85(90)72-68-64-60-56-52-49-46-43-41-39-37-34-30-26-22-18-14-10-6-2/h9,13,21-23,25-28,32-37,40-44,48,51,59,63,81-83,88H,5-8,10-12,14-20,24,29-31,38-39,45-47,49-50,52-58,60-62,64-80H2,1-4H3,(H,93,94)(H,95,96)/b13-9-,25-21-,26-22-,27-23-,32-28-,36-33-,37-34-,42-40-,43-41-,44-35-,51-48-,63-59-. The maximum Gasteiger partial charge on any atom is 0.472 e. The van der Waals surface area contributed by atoms with Gasteiger partial charge in [-0.15, -0.1) is 0 Å². The van der Waals surface area contributed by atoms with Gasteiger partial charge in [-0.05, 0) is 161 Å². The number of phosphoric acid groups is 2. The van der Waals surface area contributed by atoms with Gasteiger partial charge in [-0.2, -0.15) is 0 Å². The lowest BCUT2D eigenvalue weighted by molar-refractivity contribution is -0.161. The van der Waals surface area contributed by atoms with Crippen molar-refractivity contribution in [2.45, 2.75) is 341 Å². The number of rotatable bonds is 76. The molecule has 106 heavy (non-hydrogen) atoms. The molecule has 0 saturated carbocycles. The van der Waals surface area contributed by atoms with Gasteiger partial charge in [-0.25, -0.2) is 9.13 Å². The molecule has 0 saturated heterocycles. The first-order valence-corrected chi connectivity index (χ1v) is 44.1. The largest absolute Gasteiger partial charge is 0.472 e. The summed E-state index contributed by atoms with van der Waals surface area (Å²) in [5, 5.41) is 10.6. The molecule has 0 bridgehead atoms. The second-order valence-electron chi connectivity index (χ2n) is 27.0. The number of unbranched alkanes of at least 4 members (excludes halogenated alkanes) is 26. The minimum Gasteiger partial charge on any atom is -0.462 e. The van der Waals surface area contributed by atoms with Crippen molar-refractivity contribution in [3.05, 3.63) is 146 Å². The molecule has 0 fully saturated rings. The van der Waals surface area contributed by atoms with E-state index >= 15 is 0 Å². The van der Waals surface area contributed by atoms with Crippen LogP contribution < -0.4 is 0 Å². The Morgan fingerprint density at radius 2 is 0.509 bits per heavy atom. The van der Waals surface area contributed by atoms with Gasteiger partial charge in [0.15, 0.2) is 12.2 Å². The van der Waals surface area contributed by atoms with Gasteiger partial charge in [-0.3, -0.25) is 37.3 Å². The molecule has 5 unspecified atom stereocenters. The van der Waals surface area contributed by atoms with E-state index in [0.29, 0.717) is 32.1 Å². The van der Waals surface area contributed by atoms with Crippen LogP contribution in [0.25, 0.3) is 0 Å². The van der Waals surface area contributed by atoms with Crippen LogP contribution in [0.4, 0.5) is 0 Å². The van der Waals surface area contributed by atoms with Gasteiger partial charge in [0.05, 0.1) is 26.4 Å². The summed E-state index contributed by atoms with van der Waals surface area (Å²) >= 11 is 0. The molecule has 0 aliphatic heterocycles. The molecule has 0 aromatic rings. The molecule has 0 radical (unpaired) electrons. The van der Waals surface area contributed by atoms with E-state index in [1.165, 1.54) is 64.2 Å². The number of hydrogen-bond donors (Lipinski definition) is 3. The molecule has 5 atom stereocenters. The lowest BCUT2D eigenvalue weighted by Crippen LogP contribution is -2.30. The van der Waals surface area contributed by atoms with Crippen molar-refractivity contribution in [1.82, 2.24) is 0 Å². The van der Waals surface area contributed by atoms with Gasteiger partial charge in [0.1, 0.15) is 19.3 Å². The average Bonchev–Trinajstić information content (AvgIpc) is 0.901. The predicted molar refractivity (Wildman–Crippen MR) is 436 cm³/mol. The number of carbonyl (C=O) groups excluding carboxylic acids is 4.